The highest BCUT2D eigenvalue weighted by atomic mass is 127. The number of carbonyl (C=O) groups excluding carboxylic acids is 1. The maximum Gasteiger partial charge on any atom is 0.221 e. The fourth-order valence-corrected chi connectivity index (χ4v) is 3.18. The maximum atomic E-state index is 11.6. The second kappa shape index (κ2) is 12.4. The zero-order valence-electron chi connectivity index (χ0n) is 13.3. The molecule has 1 fully saturated rings. The standard InChI is InChI=1S/C14H28N4OS.HI/c1-4-11(2)18-13(19)7-8-16-14(15-3)17-10-12-6-5-9-20-12;/h11-12H,4-10H2,1-3H3,(H,18,19)(H2,15,16,17);1H. The van der Waals surface area contributed by atoms with Gasteiger partial charge in [0.1, 0.15) is 0 Å². The van der Waals surface area contributed by atoms with Gasteiger partial charge in [-0.3, -0.25) is 9.79 Å². The third-order valence-electron chi connectivity index (χ3n) is 3.41. The first-order valence-electron chi connectivity index (χ1n) is 7.51. The molecule has 124 valence electrons. The van der Waals surface area contributed by atoms with E-state index in [9.17, 15) is 4.79 Å². The van der Waals surface area contributed by atoms with E-state index in [2.05, 4.69) is 27.9 Å². The molecular formula is C14H29IN4OS. The van der Waals surface area contributed by atoms with E-state index >= 15 is 0 Å². The van der Waals surface area contributed by atoms with E-state index in [-0.39, 0.29) is 35.9 Å². The summed E-state index contributed by atoms with van der Waals surface area (Å²) in [5.74, 6) is 2.15. The quantitative estimate of drug-likeness (QED) is 0.330. The summed E-state index contributed by atoms with van der Waals surface area (Å²) in [7, 11) is 1.76. The topological polar surface area (TPSA) is 65.5 Å². The number of halogens is 1. The molecule has 7 heteroatoms. The first-order chi connectivity index (χ1) is 9.65. The lowest BCUT2D eigenvalue weighted by molar-refractivity contribution is -0.121. The van der Waals surface area contributed by atoms with Gasteiger partial charge in [0.15, 0.2) is 5.96 Å². The summed E-state index contributed by atoms with van der Waals surface area (Å²) in [4.78, 5) is 15.8. The Morgan fingerprint density at radius 3 is 2.76 bits per heavy atom. The molecule has 2 unspecified atom stereocenters. The second-order valence-electron chi connectivity index (χ2n) is 5.14. The van der Waals surface area contributed by atoms with Crippen LogP contribution in [0.5, 0.6) is 0 Å². The van der Waals surface area contributed by atoms with Gasteiger partial charge in [0.05, 0.1) is 0 Å². The van der Waals surface area contributed by atoms with Crippen molar-refractivity contribution in [2.24, 2.45) is 4.99 Å². The molecule has 1 aliphatic rings. The molecule has 3 N–H and O–H groups in total. The minimum Gasteiger partial charge on any atom is -0.356 e. The summed E-state index contributed by atoms with van der Waals surface area (Å²) >= 11 is 2.02. The van der Waals surface area contributed by atoms with Crippen molar-refractivity contribution < 1.29 is 4.79 Å². The monoisotopic (exact) mass is 428 g/mol. The molecule has 1 saturated heterocycles. The summed E-state index contributed by atoms with van der Waals surface area (Å²) < 4.78 is 0. The molecule has 21 heavy (non-hydrogen) atoms. The Balaban J connectivity index is 0.00000400. The molecule has 1 aliphatic heterocycles. The lowest BCUT2D eigenvalue weighted by Crippen LogP contribution is -2.42. The van der Waals surface area contributed by atoms with Crippen LogP contribution in [0.2, 0.25) is 0 Å². The number of hydrogen-bond acceptors (Lipinski definition) is 3. The minimum absolute atomic E-state index is 0. The van der Waals surface area contributed by atoms with Gasteiger partial charge in [0.25, 0.3) is 0 Å². The summed E-state index contributed by atoms with van der Waals surface area (Å²) in [5.41, 5.74) is 0. The largest absolute Gasteiger partial charge is 0.356 e. The zero-order valence-corrected chi connectivity index (χ0v) is 16.4. The molecule has 1 amide bonds. The third-order valence-corrected chi connectivity index (χ3v) is 4.81. The van der Waals surface area contributed by atoms with Crippen molar-refractivity contribution in [2.45, 2.75) is 50.8 Å². The Morgan fingerprint density at radius 2 is 2.19 bits per heavy atom. The van der Waals surface area contributed by atoms with Gasteiger partial charge in [-0.05, 0) is 31.9 Å². The summed E-state index contributed by atoms with van der Waals surface area (Å²) in [5, 5.41) is 10.2. The van der Waals surface area contributed by atoms with Gasteiger partial charge in [-0.1, -0.05) is 6.92 Å². The van der Waals surface area contributed by atoms with Crippen LogP contribution in [0.3, 0.4) is 0 Å². The first-order valence-corrected chi connectivity index (χ1v) is 8.56. The Kier molecular flexibility index (Phi) is 12.3. The summed E-state index contributed by atoms with van der Waals surface area (Å²) in [6, 6.07) is 0.249. The summed E-state index contributed by atoms with van der Waals surface area (Å²) in [6.45, 7) is 5.64. The van der Waals surface area contributed by atoms with Gasteiger partial charge in [-0.15, -0.1) is 24.0 Å². The van der Waals surface area contributed by atoms with E-state index in [1.807, 2.05) is 18.7 Å². The number of thioether (sulfide) groups is 1. The zero-order chi connectivity index (χ0) is 14.8. The van der Waals surface area contributed by atoms with Crippen LogP contribution in [0.15, 0.2) is 4.99 Å². The van der Waals surface area contributed by atoms with Crippen molar-refractivity contribution in [2.75, 3.05) is 25.9 Å². The smallest absolute Gasteiger partial charge is 0.221 e. The van der Waals surface area contributed by atoms with Gasteiger partial charge in [-0.2, -0.15) is 11.8 Å². The van der Waals surface area contributed by atoms with Crippen molar-refractivity contribution in [3.05, 3.63) is 0 Å². The normalized spacial score (nSPS) is 19.6. The predicted molar refractivity (Wildman–Crippen MR) is 103 cm³/mol. The van der Waals surface area contributed by atoms with E-state index in [1.54, 1.807) is 7.05 Å². The number of hydrogen-bond donors (Lipinski definition) is 3. The number of carbonyl (C=O) groups is 1. The van der Waals surface area contributed by atoms with Crippen LogP contribution in [0, 0.1) is 0 Å². The lowest BCUT2D eigenvalue weighted by atomic mass is 10.2. The molecule has 0 aromatic rings. The van der Waals surface area contributed by atoms with E-state index in [0.29, 0.717) is 18.2 Å². The number of aliphatic imine (C=N–C) groups is 1. The molecule has 0 radical (unpaired) electrons. The molecular weight excluding hydrogens is 399 g/mol. The van der Waals surface area contributed by atoms with Gasteiger partial charge >= 0.3 is 0 Å². The molecule has 0 aromatic heterocycles. The molecule has 0 spiro atoms. The first kappa shape index (κ1) is 20.8. The minimum atomic E-state index is 0. The molecule has 0 aliphatic carbocycles. The Labute approximate surface area is 149 Å². The van der Waals surface area contributed by atoms with Crippen molar-refractivity contribution in [1.29, 1.82) is 0 Å². The van der Waals surface area contributed by atoms with Gasteiger partial charge in [0, 0.05) is 37.8 Å². The second-order valence-corrected chi connectivity index (χ2v) is 6.55. The number of guanidine groups is 1. The molecule has 0 bridgehead atoms. The van der Waals surface area contributed by atoms with E-state index in [4.69, 9.17) is 0 Å². The van der Waals surface area contributed by atoms with Crippen LogP contribution in [0.1, 0.15) is 39.5 Å². The number of nitrogens with zero attached hydrogens (tertiary/aromatic N) is 1. The highest BCUT2D eigenvalue weighted by Gasteiger charge is 2.15. The van der Waals surface area contributed by atoms with Crippen molar-refractivity contribution in [3.8, 4) is 0 Å². The van der Waals surface area contributed by atoms with Crippen molar-refractivity contribution in [3.63, 3.8) is 0 Å². The molecule has 5 nitrogen and oxygen atoms in total. The van der Waals surface area contributed by atoms with Crippen molar-refractivity contribution >= 4 is 47.6 Å². The average Bonchev–Trinajstić information content (AvgIpc) is 2.95. The Hall–Kier alpha value is -0.180. The van der Waals surface area contributed by atoms with Crippen LogP contribution >= 0.6 is 35.7 Å². The van der Waals surface area contributed by atoms with Gasteiger partial charge in [0.2, 0.25) is 5.91 Å². The van der Waals surface area contributed by atoms with E-state index in [0.717, 1.165) is 18.9 Å². The van der Waals surface area contributed by atoms with Crippen molar-refractivity contribution in [1.82, 2.24) is 16.0 Å². The Bertz CT molecular complexity index is 322. The van der Waals surface area contributed by atoms with Crippen LogP contribution in [-0.2, 0) is 4.79 Å². The number of amides is 1. The molecule has 0 aromatic carbocycles. The molecule has 2 atom stereocenters. The summed E-state index contributed by atoms with van der Waals surface area (Å²) in [6.07, 6.45) is 4.04. The highest BCUT2D eigenvalue weighted by Crippen LogP contribution is 2.25. The Morgan fingerprint density at radius 1 is 1.43 bits per heavy atom. The SMILES string of the molecule is CCC(C)NC(=O)CCNC(=NC)NCC1CCCS1.I. The maximum absolute atomic E-state index is 11.6. The van der Waals surface area contributed by atoms with Crippen LogP contribution in [0.25, 0.3) is 0 Å². The third kappa shape index (κ3) is 9.44. The number of nitrogens with one attached hydrogen (secondary N) is 3. The van der Waals surface area contributed by atoms with Gasteiger partial charge in [-0.25, -0.2) is 0 Å². The molecule has 0 saturated carbocycles. The van der Waals surface area contributed by atoms with Crippen LogP contribution < -0.4 is 16.0 Å². The van der Waals surface area contributed by atoms with E-state index in [1.165, 1.54) is 18.6 Å². The lowest BCUT2D eigenvalue weighted by Gasteiger charge is -2.15. The number of rotatable bonds is 7. The van der Waals surface area contributed by atoms with Gasteiger partial charge < -0.3 is 16.0 Å². The van der Waals surface area contributed by atoms with Crippen LogP contribution in [-0.4, -0.2) is 49.0 Å². The average molecular weight is 428 g/mol. The van der Waals surface area contributed by atoms with Crippen LogP contribution in [0.4, 0.5) is 0 Å². The fraction of sp³-hybridized carbons (Fsp3) is 0.857. The predicted octanol–water partition coefficient (Wildman–Crippen LogP) is 1.97. The molecule has 1 rings (SSSR count). The van der Waals surface area contributed by atoms with E-state index < -0.39 is 0 Å². The molecule has 1 heterocycles. The highest BCUT2D eigenvalue weighted by molar-refractivity contribution is 14.0. The fourth-order valence-electron chi connectivity index (χ4n) is 1.98.